The molecule has 240 valence electrons. The number of nitrogens with two attached hydrogens (primary N) is 1. The number of allylic oxidation sites excluding steroid dienone is 5. The molecule has 0 amide bonds. The number of aromatic nitrogens is 4. The Balaban J connectivity index is 1.40. The number of rotatable bonds is 11. The van der Waals surface area contributed by atoms with E-state index in [-0.39, 0.29) is 0 Å². The molecule has 0 aliphatic heterocycles. The van der Waals surface area contributed by atoms with Crippen LogP contribution in [-0.4, -0.2) is 19.5 Å². The van der Waals surface area contributed by atoms with Gasteiger partial charge in [0.2, 0.25) is 0 Å². The summed E-state index contributed by atoms with van der Waals surface area (Å²) < 4.78 is 2.35. The average molecular weight is 638 g/mol. The Labute approximate surface area is 288 Å². The van der Waals surface area contributed by atoms with Crippen LogP contribution in [0.15, 0.2) is 159 Å². The van der Waals surface area contributed by atoms with Crippen molar-refractivity contribution in [1.82, 2.24) is 19.5 Å². The van der Waals surface area contributed by atoms with E-state index in [0.717, 1.165) is 61.9 Å². The lowest BCUT2D eigenvalue weighted by Crippen LogP contribution is -2.01. The van der Waals surface area contributed by atoms with Crippen LogP contribution in [0.1, 0.15) is 34.4 Å². The van der Waals surface area contributed by atoms with E-state index < -0.39 is 0 Å². The zero-order valence-corrected chi connectivity index (χ0v) is 27.9. The highest BCUT2D eigenvalue weighted by Crippen LogP contribution is 2.38. The number of nitrogens with zero attached hydrogens (tertiary/aromatic N) is 4. The van der Waals surface area contributed by atoms with Crippen molar-refractivity contribution in [2.24, 2.45) is 5.73 Å². The van der Waals surface area contributed by atoms with Crippen LogP contribution in [0.4, 0.5) is 0 Å². The molecule has 6 aromatic rings. The SMILES string of the molecule is C=C/C(=C\c1c(C)c(C)c(-c2ccc(-c3cccc(-c4cccnc4)n3)cc2C=C)n1-c1ccccc1)C/C=C\C=C(/N)c1cccnc1. The lowest BCUT2D eigenvalue weighted by atomic mass is 9.97. The standard InChI is InChI=1S/C44H39N5/c1-5-33(15-10-11-20-40(45)36-16-13-25-46-29-36)27-43-31(3)32(4)44(49(43)38-18-8-7-9-19-38)39-24-23-35(28-34(39)6-2)41-21-12-22-42(48-41)37-17-14-26-47-30-37/h5-14,16-30H,1-2,15,45H2,3-4H3/b11-10-,33-27+,40-20-. The van der Waals surface area contributed by atoms with Crippen molar-refractivity contribution in [2.45, 2.75) is 20.3 Å². The molecule has 0 atom stereocenters. The second kappa shape index (κ2) is 15.1. The minimum atomic E-state index is 0.670. The molecule has 4 aromatic heterocycles. The molecule has 6 rings (SSSR count). The molecule has 2 N–H and O–H groups in total. The molecular weight excluding hydrogens is 599 g/mol. The molecular formula is C44H39N5. The summed E-state index contributed by atoms with van der Waals surface area (Å²) in [6, 6.07) is 30.9. The van der Waals surface area contributed by atoms with Gasteiger partial charge in [0.25, 0.3) is 0 Å². The number of para-hydroxylation sites is 1. The van der Waals surface area contributed by atoms with Crippen LogP contribution in [0, 0.1) is 13.8 Å². The molecule has 0 saturated heterocycles. The summed E-state index contributed by atoms with van der Waals surface area (Å²) in [4.78, 5) is 13.4. The normalized spacial score (nSPS) is 12.0. The Kier molecular flexibility index (Phi) is 10.0. The molecule has 5 nitrogen and oxygen atoms in total. The summed E-state index contributed by atoms with van der Waals surface area (Å²) >= 11 is 0. The van der Waals surface area contributed by atoms with E-state index in [0.29, 0.717) is 12.1 Å². The van der Waals surface area contributed by atoms with Crippen molar-refractivity contribution in [3.63, 3.8) is 0 Å². The maximum Gasteiger partial charge on any atom is 0.0725 e. The van der Waals surface area contributed by atoms with Crippen LogP contribution in [-0.2, 0) is 0 Å². The first-order valence-corrected chi connectivity index (χ1v) is 16.3. The van der Waals surface area contributed by atoms with Gasteiger partial charge in [-0.05, 0) is 109 Å². The third kappa shape index (κ3) is 7.16. The quantitative estimate of drug-likeness (QED) is 0.144. The van der Waals surface area contributed by atoms with Gasteiger partial charge >= 0.3 is 0 Å². The first kappa shape index (κ1) is 32.6. The second-order valence-electron chi connectivity index (χ2n) is 11.7. The summed E-state index contributed by atoms with van der Waals surface area (Å²) in [5.74, 6) is 0. The Morgan fingerprint density at radius 3 is 2.24 bits per heavy atom. The highest BCUT2D eigenvalue weighted by atomic mass is 15.0. The van der Waals surface area contributed by atoms with Gasteiger partial charge in [-0.25, -0.2) is 4.98 Å². The molecule has 4 heterocycles. The van der Waals surface area contributed by atoms with Crippen LogP contribution in [0.2, 0.25) is 0 Å². The van der Waals surface area contributed by atoms with Gasteiger partial charge in [0, 0.05) is 64.1 Å². The zero-order valence-electron chi connectivity index (χ0n) is 27.9. The maximum absolute atomic E-state index is 6.26. The van der Waals surface area contributed by atoms with Crippen molar-refractivity contribution in [3.8, 4) is 39.5 Å². The number of hydrogen-bond donors (Lipinski definition) is 1. The van der Waals surface area contributed by atoms with Gasteiger partial charge < -0.3 is 10.3 Å². The van der Waals surface area contributed by atoms with Crippen molar-refractivity contribution >= 4 is 17.8 Å². The average Bonchev–Trinajstić information content (AvgIpc) is 3.41. The van der Waals surface area contributed by atoms with E-state index in [1.54, 1.807) is 18.6 Å². The molecule has 0 fully saturated rings. The minimum absolute atomic E-state index is 0.670. The van der Waals surface area contributed by atoms with Crippen LogP contribution in [0.5, 0.6) is 0 Å². The predicted octanol–water partition coefficient (Wildman–Crippen LogP) is 10.4. The topological polar surface area (TPSA) is 69.6 Å². The van der Waals surface area contributed by atoms with Crippen molar-refractivity contribution in [1.29, 1.82) is 0 Å². The van der Waals surface area contributed by atoms with Crippen molar-refractivity contribution in [2.75, 3.05) is 0 Å². The molecule has 5 heteroatoms. The Bertz CT molecular complexity index is 2190. The summed E-state index contributed by atoms with van der Waals surface area (Å²) in [7, 11) is 0. The summed E-state index contributed by atoms with van der Waals surface area (Å²) in [6.07, 6.45) is 19.9. The molecule has 2 aromatic carbocycles. The van der Waals surface area contributed by atoms with Gasteiger partial charge in [-0.3, -0.25) is 9.97 Å². The molecule has 0 spiro atoms. The van der Waals surface area contributed by atoms with Crippen LogP contribution in [0.25, 0.3) is 57.3 Å². The zero-order chi connectivity index (χ0) is 34.2. The Hall–Kier alpha value is -6.33. The monoisotopic (exact) mass is 637 g/mol. The number of benzene rings is 2. The predicted molar refractivity (Wildman–Crippen MR) is 206 cm³/mol. The van der Waals surface area contributed by atoms with Crippen LogP contribution < -0.4 is 5.73 Å². The van der Waals surface area contributed by atoms with Crippen molar-refractivity contribution < 1.29 is 0 Å². The van der Waals surface area contributed by atoms with Gasteiger partial charge in [0.1, 0.15) is 0 Å². The molecule has 0 radical (unpaired) electrons. The van der Waals surface area contributed by atoms with Crippen molar-refractivity contribution in [3.05, 3.63) is 187 Å². The number of pyridine rings is 3. The fourth-order valence-corrected chi connectivity index (χ4v) is 5.93. The lowest BCUT2D eigenvalue weighted by Gasteiger charge is -2.16. The smallest absolute Gasteiger partial charge is 0.0725 e. The fourth-order valence-electron chi connectivity index (χ4n) is 5.93. The van der Waals surface area contributed by atoms with E-state index in [4.69, 9.17) is 10.7 Å². The maximum atomic E-state index is 6.26. The van der Waals surface area contributed by atoms with E-state index in [9.17, 15) is 0 Å². The van der Waals surface area contributed by atoms with E-state index >= 15 is 0 Å². The summed E-state index contributed by atoms with van der Waals surface area (Å²) in [5, 5.41) is 0. The first-order chi connectivity index (χ1) is 24.0. The van der Waals surface area contributed by atoms with E-state index in [1.165, 1.54) is 11.1 Å². The van der Waals surface area contributed by atoms with E-state index in [2.05, 4.69) is 96.2 Å². The largest absolute Gasteiger partial charge is 0.398 e. The third-order valence-corrected chi connectivity index (χ3v) is 8.65. The summed E-state index contributed by atoms with van der Waals surface area (Å²) in [6.45, 7) is 12.8. The molecule has 49 heavy (non-hydrogen) atoms. The second-order valence-corrected chi connectivity index (χ2v) is 11.7. The minimum Gasteiger partial charge on any atom is -0.398 e. The van der Waals surface area contributed by atoms with Gasteiger partial charge in [-0.1, -0.05) is 73.9 Å². The Morgan fingerprint density at radius 1 is 0.796 bits per heavy atom. The lowest BCUT2D eigenvalue weighted by molar-refractivity contribution is 1.06. The van der Waals surface area contributed by atoms with Gasteiger partial charge in [0.05, 0.1) is 17.1 Å². The van der Waals surface area contributed by atoms with Gasteiger partial charge in [-0.15, -0.1) is 0 Å². The number of hydrogen-bond acceptors (Lipinski definition) is 4. The molecule has 0 saturated carbocycles. The summed E-state index contributed by atoms with van der Waals surface area (Å²) in [5.41, 5.74) is 20.6. The van der Waals surface area contributed by atoms with Gasteiger partial charge in [-0.2, -0.15) is 0 Å². The highest BCUT2D eigenvalue weighted by molar-refractivity contribution is 5.83. The molecule has 0 bridgehead atoms. The third-order valence-electron chi connectivity index (χ3n) is 8.65. The first-order valence-electron chi connectivity index (χ1n) is 16.3. The molecule has 0 aliphatic carbocycles. The highest BCUT2D eigenvalue weighted by Gasteiger charge is 2.21. The van der Waals surface area contributed by atoms with E-state index in [1.807, 2.05) is 79.0 Å². The van der Waals surface area contributed by atoms with Crippen LogP contribution >= 0.6 is 0 Å². The molecule has 0 aliphatic rings. The van der Waals surface area contributed by atoms with Gasteiger partial charge in [0.15, 0.2) is 0 Å². The molecule has 0 unspecified atom stereocenters. The fraction of sp³-hybridized carbons (Fsp3) is 0.0682. The Morgan fingerprint density at radius 2 is 1.55 bits per heavy atom. The van der Waals surface area contributed by atoms with Crippen LogP contribution in [0.3, 0.4) is 0 Å².